The van der Waals surface area contributed by atoms with Gasteiger partial charge < -0.3 is 0 Å². The Bertz CT molecular complexity index is 989. The van der Waals surface area contributed by atoms with Crippen LogP contribution in [0.2, 0.25) is 0 Å². The molecule has 2 aromatic rings. The van der Waals surface area contributed by atoms with Gasteiger partial charge in [0, 0.05) is 25.2 Å². The van der Waals surface area contributed by atoms with Crippen LogP contribution in [0.15, 0.2) is 65.2 Å². The molecule has 0 amide bonds. The number of nitrogens with one attached hydrogen (secondary N) is 1. The molecule has 1 heterocycles. The van der Waals surface area contributed by atoms with Crippen molar-refractivity contribution in [1.29, 1.82) is 0 Å². The normalized spacial score (nSPS) is 15.8. The molecule has 29 heavy (non-hydrogen) atoms. The average Bonchev–Trinajstić information content (AvgIpc) is 2.68. The second kappa shape index (κ2) is 8.52. The molecule has 1 aliphatic heterocycles. The zero-order chi connectivity index (χ0) is 21.1. The Kier molecular flexibility index (Phi) is 6.25. The fraction of sp³-hybridized carbons (Fsp3) is 0.263. The quantitative estimate of drug-likeness (QED) is 0.559. The average molecular weight is 430 g/mol. The van der Waals surface area contributed by atoms with Gasteiger partial charge in [0.25, 0.3) is 0 Å². The number of hydrogen-bond donors (Lipinski definition) is 1. The van der Waals surface area contributed by atoms with E-state index in [0.29, 0.717) is 17.7 Å². The van der Waals surface area contributed by atoms with Gasteiger partial charge in [-0.05, 0) is 48.0 Å². The fourth-order valence-corrected chi connectivity index (χ4v) is 4.15. The van der Waals surface area contributed by atoms with Gasteiger partial charge in [-0.1, -0.05) is 12.1 Å². The largest absolute Gasteiger partial charge is 0.416 e. The SMILES string of the molecule is O=S(=O)(c1ccc(F)cc1)N1CC=C(NOCc2cccc(C(F)(F)F)c2)CC1. The third kappa shape index (κ3) is 5.34. The molecule has 1 aliphatic rings. The molecule has 3 rings (SSSR count). The Balaban J connectivity index is 1.55. The topological polar surface area (TPSA) is 58.6 Å². The van der Waals surface area contributed by atoms with Crippen LogP contribution in [0.4, 0.5) is 17.6 Å². The van der Waals surface area contributed by atoms with Crippen LogP contribution in [-0.4, -0.2) is 25.8 Å². The van der Waals surface area contributed by atoms with Crippen molar-refractivity contribution in [2.24, 2.45) is 0 Å². The molecule has 10 heteroatoms. The Morgan fingerprint density at radius 1 is 1.10 bits per heavy atom. The number of hydrogen-bond acceptors (Lipinski definition) is 4. The summed E-state index contributed by atoms with van der Waals surface area (Å²) in [7, 11) is -3.74. The van der Waals surface area contributed by atoms with Gasteiger partial charge in [-0.25, -0.2) is 12.8 Å². The van der Waals surface area contributed by atoms with E-state index in [-0.39, 0.29) is 24.6 Å². The molecule has 1 N–H and O–H groups in total. The number of benzene rings is 2. The van der Waals surface area contributed by atoms with Gasteiger partial charge in [0.1, 0.15) is 5.82 Å². The van der Waals surface area contributed by atoms with Gasteiger partial charge in [0.2, 0.25) is 10.0 Å². The minimum atomic E-state index is -4.42. The van der Waals surface area contributed by atoms with Crippen LogP contribution in [0.3, 0.4) is 0 Å². The van der Waals surface area contributed by atoms with Crippen LogP contribution in [-0.2, 0) is 27.6 Å². The molecule has 0 bridgehead atoms. The summed E-state index contributed by atoms with van der Waals surface area (Å²) in [6.07, 6.45) is -2.46. The molecule has 0 fully saturated rings. The second-order valence-electron chi connectivity index (χ2n) is 6.39. The Hall–Kier alpha value is -2.43. The van der Waals surface area contributed by atoms with Gasteiger partial charge in [-0.2, -0.15) is 17.5 Å². The van der Waals surface area contributed by atoms with Crippen LogP contribution in [0.25, 0.3) is 0 Å². The predicted molar refractivity (Wildman–Crippen MR) is 97.2 cm³/mol. The molecule has 5 nitrogen and oxygen atoms in total. The lowest BCUT2D eigenvalue weighted by atomic mass is 10.1. The summed E-state index contributed by atoms with van der Waals surface area (Å²) < 4.78 is 77.5. The Labute approximate surface area is 165 Å². The van der Waals surface area contributed by atoms with Crippen LogP contribution in [0, 0.1) is 5.82 Å². The second-order valence-corrected chi connectivity index (χ2v) is 8.32. The summed E-state index contributed by atoms with van der Waals surface area (Å²) in [5.74, 6) is -0.521. The van der Waals surface area contributed by atoms with E-state index < -0.39 is 27.6 Å². The molecule has 0 saturated heterocycles. The van der Waals surface area contributed by atoms with Crippen LogP contribution in [0.1, 0.15) is 17.5 Å². The summed E-state index contributed by atoms with van der Waals surface area (Å²) in [6.45, 7) is 0.194. The lowest BCUT2D eigenvalue weighted by molar-refractivity contribution is -0.137. The van der Waals surface area contributed by atoms with Crippen LogP contribution in [0.5, 0.6) is 0 Å². The highest BCUT2D eigenvalue weighted by molar-refractivity contribution is 7.89. The van der Waals surface area contributed by atoms with Gasteiger partial charge >= 0.3 is 6.18 Å². The Morgan fingerprint density at radius 3 is 2.45 bits per heavy atom. The summed E-state index contributed by atoms with van der Waals surface area (Å²) in [4.78, 5) is 5.25. The van der Waals surface area contributed by atoms with Gasteiger partial charge in [0.05, 0.1) is 17.1 Å². The van der Waals surface area contributed by atoms with Crippen molar-refractivity contribution in [2.45, 2.75) is 24.1 Å². The maximum Gasteiger partial charge on any atom is 0.416 e. The van der Waals surface area contributed by atoms with Crippen molar-refractivity contribution in [3.63, 3.8) is 0 Å². The summed E-state index contributed by atoms with van der Waals surface area (Å²) in [5, 5.41) is 0. The monoisotopic (exact) mass is 430 g/mol. The van der Waals surface area contributed by atoms with Crippen molar-refractivity contribution in [2.75, 3.05) is 13.1 Å². The van der Waals surface area contributed by atoms with Crippen LogP contribution < -0.4 is 5.48 Å². The molecule has 2 aromatic carbocycles. The maximum absolute atomic E-state index is 13.0. The fourth-order valence-electron chi connectivity index (χ4n) is 2.77. The maximum atomic E-state index is 13.0. The molecule has 0 aliphatic carbocycles. The van der Waals surface area contributed by atoms with Crippen molar-refractivity contribution in [3.8, 4) is 0 Å². The molecule has 0 spiro atoms. The lowest BCUT2D eigenvalue weighted by Gasteiger charge is -2.26. The van der Waals surface area contributed by atoms with Crippen molar-refractivity contribution in [3.05, 3.63) is 77.2 Å². The van der Waals surface area contributed by atoms with E-state index in [0.717, 1.165) is 24.3 Å². The highest BCUT2D eigenvalue weighted by Crippen LogP contribution is 2.29. The Morgan fingerprint density at radius 2 is 1.83 bits per heavy atom. The number of alkyl halides is 3. The zero-order valence-electron chi connectivity index (χ0n) is 15.1. The molecular formula is C19H18F4N2O3S. The third-order valence-electron chi connectivity index (χ3n) is 4.32. The lowest BCUT2D eigenvalue weighted by Crippen LogP contribution is -2.36. The van der Waals surface area contributed by atoms with E-state index in [1.807, 2.05) is 0 Å². The minimum Gasteiger partial charge on any atom is -0.272 e. The molecule has 0 radical (unpaired) electrons. The number of hydroxylamine groups is 1. The van der Waals surface area contributed by atoms with Crippen LogP contribution >= 0.6 is 0 Å². The highest BCUT2D eigenvalue weighted by atomic mass is 32.2. The number of nitrogens with zero attached hydrogens (tertiary/aromatic N) is 1. The number of sulfonamides is 1. The van der Waals surface area contributed by atoms with Gasteiger partial charge in [0.15, 0.2) is 0 Å². The third-order valence-corrected chi connectivity index (χ3v) is 6.20. The molecule has 0 atom stereocenters. The standard InChI is InChI=1S/C19H18F4N2O3S/c20-16-4-6-18(7-5-16)29(26,27)25-10-8-17(9-11-25)24-28-13-14-2-1-3-15(12-14)19(21,22)23/h1-8,12,24H,9-11,13H2. The summed E-state index contributed by atoms with van der Waals surface area (Å²) in [5.41, 5.74) is 2.88. The first kappa shape index (κ1) is 21.3. The smallest absolute Gasteiger partial charge is 0.272 e. The van der Waals surface area contributed by atoms with Gasteiger partial charge in [-0.15, -0.1) is 0 Å². The van der Waals surface area contributed by atoms with E-state index in [4.69, 9.17) is 4.84 Å². The number of halogens is 4. The first-order chi connectivity index (χ1) is 13.7. The van der Waals surface area contributed by atoms with Gasteiger partial charge in [-0.3, -0.25) is 10.3 Å². The van der Waals surface area contributed by atoms with E-state index in [1.165, 1.54) is 28.6 Å². The molecular weight excluding hydrogens is 412 g/mol. The van der Waals surface area contributed by atoms with E-state index in [1.54, 1.807) is 6.08 Å². The van der Waals surface area contributed by atoms with E-state index >= 15 is 0 Å². The summed E-state index contributed by atoms with van der Waals surface area (Å²) in [6, 6.07) is 9.40. The molecule has 0 unspecified atom stereocenters. The summed E-state index contributed by atoms with van der Waals surface area (Å²) >= 11 is 0. The zero-order valence-corrected chi connectivity index (χ0v) is 15.9. The van der Waals surface area contributed by atoms with E-state index in [2.05, 4.69) is 5.48 Å². The van der Waals surface area contributed by atoms with Crippen molar-refractivity contribution >= 4 is 10.0 Å². The molecule has 0 aromatic heterocycles. The first-order valence-corrected chi connectivity index (χ1v) is 10.1. The van der Waals surface area contributed by atoms with Crippen molar-refractivity contribution < 1.29 is 30.8 Å². The number of rotatable bonds is 6. The molecule has 0 saturated carbocycles. The van der Waals surface area contributed by atoms with E-state index in [9.17, 15) is 26.0 Å². The first-order valence-electron chi connectivity index (χ1n) is 8.65. The minimum absolute atomic E-state index is 0.00417. The highest BCUT2D eigenvalue weighted by Gasteiger charge is 2.30. The molecule has 156 valence electrons. The van der Waals surface area contributed by atoms with Crippen molar-refractivity contribution in [1.82, 2.24) is 9.79 Å². The predicted octanol–water partition coefficient (Wildman–Crippen LogP) is 3.84.